The summed E-state index contributed by atoms with van der Waals surface area (Å²) >= 11 is 0. The molecule has 4 heterocycles. The second kappa shape index (κ2) is 12.6. The van der Waals surface area contributed by atoms with Crippen molar-refractivity contribution in [3.05, 3.63) is 65.5 Å². The van der Waals surface area contributed by atoms with Crippen molar-refractivity contribution in [2.24, 2.45) is 13.0 Å². The highest BCUT2D eigenvalue weighted by molar-refractivity contribution is 7.85. The van der Waals surface area contributed by atoms with Crippen LogP contribution in [-0.2, 0) is 26.8 Å². The summed E-state index contributed by atoms with van der Waals surface area (Å²) in [7, 11) is -1.62. The largest absolute Gasteiger partial charge is 0.484 e. The second-order valence-electron chi connectivity index (χ2n) is 13.3. The summed E-state index contributed by atoms with van der Waals surface area (Å²) in [6.45, 7) is 7.92. The second-order valence-corrected chi connectivity index (χ2v) is 14.9. The number of ether oxygens (including phenoxy) is 1. The number of aromatic nitrogens is 5. The van der Waals surface area contributed by atoms with Crippen molar-refractivity contribution in [2.75, 3.05) is 36.2 Å². The van der Waals surface area contributed by atoms with Crippen LogP contribution < -0.4 is 20.3 Å². The highest BCUT2D eigenvalue weighted by atomic mass is 32.2. The number of fused-ring (bicyclic) bond motifs is 2. The summed E-state index contributed by atoms with van der Waals surface area (Å²) in [5.41, 5.74) is 3.57. The maximum absolute atomic E-state index is 13.1. The zero-order valence-corrected chi connectivity index (χ0v) is 27.7. The van der Waals surface area contributed by atoms with Gasteiger partial charge in [-0.1, -0.05) is 45.0 Å². The first-order chi connectivity index (χ1) is 21.8. The molecule has 4 aromatic rings. The Morgan fingerprint density at radius 3 is 2.46 bits per heavy atom. The number of urea groups is 1. The number of pyridine rings is 1. The molecule has 2 amide bonds. The lowest BCUT2D eigenvalue weighted by molar-refractivity contribution is 0.171. The third-order valence-electron chi connectivity index (χ3n) is 8.68. The van der Waals surface area contributed by atoms with E-state index in [0.717, 1.165) is 61.4 Å². The van der Waals surface area contributed by atoms with Crippen LogP contribution in [0.1, 0.15) is 75.4 Å². The Labute approximate surface area is 269 Å². The van der Waals surface area contributed by atoms with Crippen LogP contribution in [0.4, 0.5) is 16.6 Å². The summed E-state index contributed by atoms with van der Waals surface area (Å²) in [5.74, 6) is 2.24. The molecule has 246 valence electrons. The Kier molecular flexibility index (Phi) is 8.68. The van der Waals surface area contributed by atoms with Crippen LogP contribution in [0.2, 0.25) is 0 Å². The number of rotatable bonds is 8. The molecule has 0 bridgehead atoms. The number of hydrogen-bond donors (Lipinski definition) is 2. The van der Waals surface area contributed by atoms with Crippen LogP contribution in [0.5, 0.6) is 5.75 Å². The van der Waals surface area contributed by atoms with Gasteiger partial charge in [0.15, 0.2) is 5.65 Å². The van der Waals surface area contributed by atoms with Gasteiger partial charge in [-0.05, 0) is 54.9 Å². The summed E-state index contributed by atoms with van der Waals surface area (Å²) in [4.78, 5) is 15.2. The first-order valence-corrected chi connectivity index (χ1v) is 17.5. The van der Waals surface area contributed by atoms with E-state index in [1.165, 1.54) is 0 Å². The number of hydrogen-bond acceptors (Lipinski definition) is 9. The number of nitrogens with zero attached hydrogens (tertiary/aromatic N) is 6. The third-order valence-corrected chi connectivity index (χ3v) is 9.25. The lowest BCUT2D eigenvalue weighted by Gasteiger charge is -2.32. The molecule has 6 rings (SSSR count). The van der Waals surface area contributed by atoms with Crippen LogP contribution >= 0.6 is 0 Å². The highest BCUT2D eigenvalue weighted by Gasteiger charge is 2.30. The quantitative estimate of drug-likeness (QED) is 0.259. The van der Waals surface area contributed by atoms with Crippen LogP contribution in [-0.4, -0.2) is 64.8 Å². The molecule has 0 spiro atoms. The molecular formula is C32H42N8O5S. The maximum atomic E-state index is 13.1. The minimum atomic E-state index is -3.45. The van der Waals surface area contributed by atoms with E-state index in [-0.39, 0.29) is 36.1 Å². The fourth-order valence-electron chi connectivity index (χ4n) is 6.11. The standard InChI is InChI=1S/C32H42N8O5S/c1-32(2,3)27-18-29(38(4)37-27)34-30(41)33-25-11-12-26(24-9-7-6-8-23(24)25)45-22-10-13-28-35-36-31(40(28)19-22)39-16-14-21(15-17-39)20-44-46(5,42)43/h6-10,13,18-19,21,25-26H,11-12,14-17,20H2,1-5H3,(H2,33,34,41)/t25-,26+/m0/s1. The number of amides is 2. The molecular weight excluding hydrogens is 608 g/mol. The molecule has 1 aromatic carbocycles. The average Bonchev–Trinajstić information content (AvgIpc) is 3.60. The van der Waals surface area contributed by atoms with E-state index in [2.05, 4.69) is 57.7 Å². The van der Waals surface area contributed by atoms with Gasteiger partial charge in [-0.3, -0.25) is 18.6 Å². The molecule has 1 fully saturated rings. The summed E-state index contributed by atoms with van der Waals surface area (Å²) in [6, 6.07) is 13.4. The van der Waals surface area contributed by atoms with Crippen LogP contribution in [0, 0.1) is 5.92 Å². The molecule has 0 radical (unpaired) electrons. The molecule has 46 heavy (non-hydrogen) atoms. The van der Waals surface area contributed by atoms with Crippen molar-refractivity contribution in [2.45, 2.75) is 64.0 Å². The lowest BCUT2D eigenvalue weighted by Crippen LogP contribution is -2.36. The van der Waals surface area contributed by atoms with Gasteiger partial charge < -0.3 is 15.0 Å². The number of anilines is 2. The minimum absolute atomic E-state index is 0.123. The van der Waals surface area contributed by atoms with E-state index in [1.54, 1.807) is 4.68 Å². The van der Waals surface area contributed by atoms with Gasteiger partial charge in [0.25, 0.3) is 10.1 Å². The van der Waals surface area contributed by atoms with Gasteiger partial charge in [0, 0.05) is 31.6 Å². The number of aryl methyl sites for hydroxylation is 1. The summed E-state index contributed by atoms with van der Waals surface area (Å²) in [5, 5.41) is 19.5. The molecule has 0 unspecified atom stereocenters. The Morgan fingerprint density at radius 1 is 1.02 bits per heavy atom. The van der Waals surface area contributed by atoms with E-state index in [4.69, 9.17) is 8.92 Å². The monoisotopic (exact) mass is 650 g/mol. The maximum Gasteiger partial charge on any atom is 0.320 e. The van der Waals surface area contributed by atoms with E-state index < -0.39 is 10.1 Å². The van der Waals surface area contributed by atoms with Crippen molar-refractivity contribution < 1.29 is 22.1 Å². The smallest absolute Gasteiger partial charge is 0.320 e. The fourth-order valence-corrected chi connectivity index (χ4v) is 6.55. The number of piperidine rings is 1. The average molecular weight is 651 g/mol. The van der Waals surface area contributed by atoms with Gasteiger partial charge >= 0.3 is 6.03 Å². The zero-order chi connectivity index (χ0) is 32.6. The van der Waals surface area contributed by atoms with Crippen LogP contribution in [0.25, 0.3) is 5.65 Å². The Balaban J connectivity index is 1.12. The minimum Gasteiger partial charge on any atom is -0.484 e. The van der Waals surface area contributed by atoms with E-state index in [9.17, 15) is 13.2 Å². The van der Waals surface area contributed by atoms with E-state index >= 15 is 0 Å². The Bertz CT molecular complexity index is 1820. The van der Waals surface area contributed by atoms with Gasteiger partial charge in [0.2, 0.25) is 5.95 Å². The molecule has 2 atom stereocenters. The van der Waals surface area contributed by atoms with Crippen molar-refractivity contribution in [1.82, 2.24) is 29.7 Å². The molecule has 2 aliphatic rings. The van der Waals surface area contributed by atoms with Gasteiger partial charge in [-0.15, -0.1) is 10.2 Å². The molecule has 1 aliphatic heterocycles. The molecule has 1 aliphatic carbocycles. The molecule has 3 aromatic heterocycles. The first kappa shape index (κ1) is 31.8. The predicted octanol–water partition coefficient (Wildman–Crippen LogP) is 4.73. The molecule has 14 heteroatoms. The molecule has 13 nitrogen and oxygen atoms in total. The number of nitrogens with one attached hydrogen (secondary N) is 2. The molecule has 0 saturated carbocycles. The van der Waals surface area contributed by atoms with Gasteiger partial charge in [-0.25, -0.2) is 4.79 Å². The van der Waals surface area contributed by atoms with E-state index in [1.807, 2.05) is 54.0 Å². The first-order valence-electron chi connectivity index (χ1n) is 15.7. The van der Waals surface area contributed by atoms with Gasteiger partial charge in [-0.2, -0.15) is 13.5 Å². The Hall–Kier alpha value is -4.17. The SMILES string of the molecule is Cn1nc(C(C)(C)C)cc1NC(=O)N[C@H]1CC[C@@H](Oc2ccc3nnc(N4CCC(COS(C)(=O)=O)CC4)n3c2)c2ccccc21. The van der Waals surface area contributed by atoms with Crippen molar-refractivity contribution >= 4 is 33.6 Å². The van der Waals surface area contributed by atoms with Crippen LogP contribution in [0.3, 0.4) is 0 Å². The Morgan fingerprint density at radius 2 is 1.76 bits per heavy atom. The number of benzene rings is 1. The third kappa shape index (κ3) is 7.12. The summed E-state index contributed by atoms with van der Waals surface area (Å²) < 4.78 is 38.0. The zero-order valence-electron chi connectivity index (χ0n) is 26.9. The van der Waals surface area contributed by atoms with E-state index in [0.29, 0.717) is 23.6 Å². The van der Waals surface area contributed by atoms with Gasteiger partial charge in [0.1, 0.15) is 17.7 Å². The molecule has 1 saturated heterocycles. The lowest BCUT2D eigenvalue weighted by atomic mass is 9.85. The van der Waals surface area contributed by atoms with Crippen molar-refractivity contribution in [3.63, 3.8) is 0 Å². The summed E-state index contributed by atoms with van der Waals surface area (Å²) in [6.07, 6.45) is 5.84. The fraction of sp³-hybridized carbons (Fsp3) is 0.500. The topological polar surface area (TPSA) is 145 Å². The van der Waals surface area contributed by atoms with Crippen molar-refractivity contribution in [1.29, 1.82) is 0 Å². The number of carbonyl (C=O) groups excluding carboxylic acids is 1. The number of carbonyl (C=O) groups is 1. The van der Waals surface area contributed by atoms with Crippen molar-refractivity contribution in [3.8, 4) is 5.75 Å². The normalized spacial score (nSPS) is 19.2. The highest BCUT2D eigenvalue weighted by Crippen LogP contribution is 2.39. The predicted molar refractivity (Wildman–Crippen MR) is 175 cm³/mol. The van der Waals surface area contributed by atoms with Gasteiger partial charge in [0.05, 0.1) is 30.8 Å². The molecule has 2 N–H and O–H groups in total. The van der Waals surface area contributed by atoms with Crippen LogP contribution in [0.15, 0.2) is 48.7 Å².